The molecule has 3 heteroatoms. The second-order valence-corrected chi connectivity index (χ2v) is 1.80. The van der Waals surface area contributed by atoms with Crippen LogP contribution in [0.25, 0.3) is 6.20 Å². The number of allylic oxidation sites excluding steroid dienone is 1. The lowest BCUT2D eigenvalue weighted by Gasteiger charge is -1.92. The number of nitrogens with zero attached hydrogens (tertiary/aromatic N) is 3. The Morgan fingerprint density at radius 3 is 3.20 bits per heavy atom. The maximum absolute atomic E-state index is 3.89. The standard InChI is InChI=1S/C7H9N3/c1-3-4-10-6-9-5-7(10)8-2/h3-6H,2H2,1H3/b4-3-. The third-order valence-electron chi connectivity index (χ3n) is 1.12. The van der Waals surface area contributed by atoms with Crippen LogP contribution in [-0.2, 0) is 0 Å². The van der Waals surface area contributed by atoms with Gasteiger partial charge in [0.15, 0.2) is 5.82 Å². The fourth-order valence-corrected chi connectivity index (χ4v) is 0.696. The van der Waals surface area contributed by atoms with Gasteiger partial charge < -0.3 is 0 Å². The molecule has 0 aliphatic heterocycles. The zero-order valence-electron chi connectivity index (χ0n) is 5.86. The fourth-order valence-electron chi connectivity index (χ4n) is 0.696. The van der Waals surface area contributed by atoms with Crippen LogP contribution in [0.2, 0.25) is 0 Å². The molecule has 0 atom stereocenters. The van der Waals surface area contributed by atoms with Gasteiger partial charge in [0.05, 0.1) is 6.20 Å². The van der Waals surface area contributed by atoms with Gasteiger partial charge in [0, 0.05) is 6.20 Å². The van der Waals surface area contributed by atoms with E-state index in [0.717, 1.165) is 5.82 Å². The van der Waals surface area contributed by atoms with Crippen LogP contribution in [0.5, 0.6) is 0 Å². The van der Waals surface area contributed by atoms with Gasteiger partial charge in [-0.3, -0.25) is 4.57 Å². The highest BCUT2D eigenvalue weighted by Gasteiger charge is 1.91. The van der Waals surface area contributed by atoms with Gasteiger partial charge >= 0.3 is 0 Å². The van der Waals surface area contributed by atoms with E-state index < -0.39 is 0 Å². The van der Waals surface area contributed by atoms with Crippen LogP contribution in [-0.4, -0.2) is 16.3 Å². The van der Waals surface area contributed by atoms with Crippen LogP contribution < -0.4 is 0 Å². The average Bonchev–Trinajstić information content (AvgIpc) is 2.36. The van der Waals surface area contributed by atoms with Crippen molar-refractivity contribution < 1.29 is 0 Å². The molecule has 0 aliphatic rings. The molecule has 0 saturated heterocycles. The minimum Gasteiger partial charge on any atom is -0.291 e. The van der Waals surface area contributed by atoms with Gasteiger partial charge in [-0.25, -0.2) is 9.98 Å². The number of imidazole rings is 1. The highest BCUT2D eigenvalue weighted by atomic mass is 15.1. The molecule has 0 aliphatic carbocycles. The minimum atomic E-state index is 0.762. The predicted octanol–water partition coefficient (Wildman–Crippen LogP) is 1.71. The molecule has 0 saturated carbocycles. The maximum atomic E-state index is 3.89. The average molecular weight is 135 g/mol. The van der Waals surface area contributed by atoms with Crippen molar-refractivity contribution in [2.45, 2.75) is 6.92 Å². The van der Waals surface area contributed by atoms with Crippen LogP contribution >= 0.6 is 0 Å². The van der Waals surface area contributed by atoms with Crippen LogP contribution in [0.1, 0.15) is 6.92 Å². The second-order valence-electron chi connectivity index (χ2n) is 1.80. The van der Waals surface area contributed by atoms with E-state index >= 15 is 0 Å². The molecule has 10 heavy (non-hydrogen) atoms. The van der Waals surface area contributed by atoms with E-state index in [1.165, 1.54) is 0 Å². The number of aliphatic imine (C=N–C) groups is 1. The van der Waals surface area contributed by atoms with Crippen molar-refractivity contribution >= 4 is 18.7 Å². The lowest BCUT2D eigenvalue weighted by molar-refractivity contribution is 1.12. The largest absolute Gasteiger partial charge is 0.291 e. The summed E-state index contributed by atoms with van der Waals surface area (Å²) < 4.78 is 1.80. The summed E-state index contributed by atoms with van der Waals surface area (Å²) in [5.74, 6) is 0.762. The summed E-state index contributed by atoms with van der Waals surface area (Å²) in [5.41, 5.74) is 0. The Balaban J connectivity index is 3.00. The van der Waals surface area contributed by atoms with E-state index in [-0.39, 0.29) is 0 Å². The van der Waals surface area contributed by atoms with Crippen molar-refractivity contribution in [3.05, 3.63) is 18.6 Å². The second kappa shape index (κ2) is 2.96. The van der Waals surface area contributed by atoms with Crippen molar-refractivity contribution in [2.75, 3.05) is 0 Å². The summed E-state index contributed by atoms with van der Waals surface area (Å²) in [4.78, 5) is 7.64. The Bertz CT molecular complexity index is 247. The minimum absolute atomic E-state index is 0.762. The van der Waals surface area contributed by atoms with E-state index in [4.69, 9.17) is 0 Å². The SMILES string of the molecule is C=Nc1cncn1/C=C\C. The summed E-state index contributed by atoms with van der Waals surface area (Å²) in [6.45, 7) is 5.34. The van der Waals surface area contributed by atoms with Gasteiger partial charge in [0.25, 0.3) is 0 Å². The first-order valence-corrected chi connectivity index (χ1v) is 3.00. The maximum Gasteiger partial charge on any atom is 0.155 e. The third kappa shape index (κ3) is 1.13. The normalized spacial score (nSPS) is 10.5. The number of hydrogen-bond acceptors (Lipinski definition) is 2. The monoisotopic (exact) mass is 135 g/mol. The molecule has 0 spiro atoms. The molecular formula is C7H9N3. The van der Waals surface area contributed by atoms with Crippen LogP contribution in [0.4, 0.5) is 5.82 Å². The van der Waals surface area contributed by atoms with Crippen LogP contribution in [0.15, 0.2) is 23.6 Å². The van der Waals surface area contributed by atoms with E-state index in [1.807, 2.05) is 19.2 Å². The van der Waals surface area contributed by atoms with Crippen molar-refractivity contribution in [1.82, 2.24) is 9.55 Å². The molecule has 1 rings (SSSR count). The van der Waals surface area contributed by atoms with E-state index in [0.29, 0.717) is 0 Å². The Labute approximate surface area is 59.7 Å². The molecule has 0 radical (unpaired) electrons. The smallest absolute Gasteiger partial charge is 0.155 e. The molecule has 1 heterocycles. The zero-order chi connectivity index (χ0) is 7.40. The molecule has 1 aromatic rings. The van der Waals surface area contributed by atoms with Crippen molar-refractivity contribution in [3.63, 3.8) is 0 Å². The first-order chi connectivity index (χ1) is 4.88. The molecule has 1 aromatic heterocycles. The van der Waals surface area contributed by atoms with Gasteiger partial charge in [-0.15, -0.1) is 0 Å². The molecule has 0 fully saturated rings. The first-order valence-electron chi connectivity index (χ1n) is 3.00. The van der Waals surface area contributed by atoms with Gasteiger partial charge in [0.2, 0.25) is 0 Å². The Kier molecular flexibility index (Phi) is 1.99. The highest BCUT2D eigenvalue weighted by Crippen LogP contribution is 2.08. The molecule has 0 N–H and O–H groups in total. The number of hydrogen-bond donors (Lipinski definition) is 0. The van der Waals surface area contributed by atoms with Crippen molar-refractivity contribution in [1.29, 1.82) is 0 Å². The molecule has 52 valence electrons. The molecule has 0 unspecified atom stereocenters. The van der Waals surface area contributed by atoms with E-state index in [2.05, 4.69) is 16.7 Å². The van der Waals surface area contributed by atoms with Crippen molar-refractivity contribution in [3.8, 4) is 0 Å². The van der Waals surface area contributed by atoms with E-state index in [1.54, 1.807) is 17.1 Å². The van der Waals surface area contributed by atoms with Gasteiger partial charge in [-0.1, -0.05) is 6.08 Å². The van der Waals surface area contributed by atoms with Crippen molar-refractivity contribution in [2.24, 2.45) is 4.99 Å². The predicted molar refractivity (Wildman–Crippen MR) is 42.4 cm³/mol. The summed E-state index contributed by atoms with van der Waals surface area (Å²) >= 11 is 0. The summed E-state index contributed by atoms with van der Waals surface area (Å²) in [6, 6.07) is 0. The Morgan fingerprint density at radius 1 is 1.80 bits per heavy atom. The van der Waals surface area contributed by atoms with Gasteiger partial charge in [0.1, 0.15) is 6.33 Å². The molecule has 0 amide bonds. The molecule has 0 bridgehead atoms. The summed E-state index contributed by atoms with van der Waals surface area (Å²) in [6.07, 6.45) is 7.13. The first kappa shape index (κ1) is 6.74. The number of rotatable bonds is 2. The Morgan fingerprint density at radius 2 is 2.60 bits per heavy atom. The number of aromatic nitrogens is 2. The summed E-state index contributed by atoms with van der Waals surface area (Å²) in [5, 5.41) is 0. The molecule has 3 nitrogen and oxygen atoms in total. The lowest BCUT2D eigenvalue weighted by atomic mass is 10.6. The molecule has 0 aromatic carbocycles. The fraction of sp³-hybridized carbons (Fsp3) is 0.143. The topological polar surface area (TPSA) is 30.2 Å². The Hall–Kier alpha value is -1.38. The highest BCUT2D eigenvalue weighted by molar-refractivity contribution is 5.43. The summed E-state index contributed by atoms with van der Waals surface area (Å²) in [7, 11) is 0. The van der Waals surface area contributed by atoms with Crippen LogP contribution in [0.3, 0.4) is 0 Å². The zero-order valence-corrected chi connectivity index (χ0v) is 5.86. The molecular weight excluding hydrogens is 126 g/mol. The van der Waals surface area contributed by atoms with E-state index in [9.17, 15) is 0 Å². The van der Waals surface area contributed by atoms with Crippen LogP contribution in [0, 0.1) is 0 Å². The van der Waals surface area contributed by atoms with Gasteiger partial charge in [-0.2, -0.15) is 0 Å². The third-order valence-corrected chi connectivity index (χ3v) is 1.12. The van der Waals surface area contributed by atoms with Gasteiger partial charge in [-0.05, 0) is 13.6 Å². The quantitative estimate of drug-likeness (QED) is 0.568. The lowest BCUT2D eigenvalue weighted by Crippen LogP contribution is -1.79.